The summed E-state index contributed by atoms with van der Waals surface area (Å²) in [5.74, 6) is -1.36. The smallest absolute Gasteiger partial charge is 0.337 e. The molecule has 0 unspecified atom stereocenters. The quantitative estimate of drug-likeness (QED) is 0.258. The second-order valence-electron chi connectivity index (χ2n) is 8.50. The molecule has 0 saturated heterocycles. The number of anilines is 1. The van der Waals surface area contributed by atoms with Crippen molar-refractivity contribution in [2.75, 3.05) is 19.1 Å². The number of carbonyl (C=O) groups excluding carboxylic acids is 2. The lowest BCUT2D eigenvalue weighted by atomic mass is 9.61. The Hall–Kier alpha value is -4.72. The molecule has 0 radical (unpaired) electrons. The van der Waals surface area contributed by atoms with Gasteiger partial charge in [0.15, 0.2) is 0 Å². The minimum atomic E-state index is -1.56. The van der Waals surface area contributed by atoms with Crippen molar-refractivity contribution >= 4 is 23.3 Å². The second kappa shape index (κ2) is 10.1. The van der Waals surface area contributed by atoms with E-state index in [4.69, 9.17) is 9.47 Å². The van der Waals surface area contributed by atoms with Crippen LogP contribution in [0.25, 0.3) is 0 Å². The number of hydrogen-bond acceptors (Lipinski definition) is 7. The lowest BCUT2D eigenvalue weighted by Crippen LogP contribution is -2.47. The van der Waals surface area contributed by atoms with Crippen molar-refractivity contribution in [3.8, 4) is 0 Å². The van der Waals surface area contributed by atoms with Crippen molar-refractivity contribution in [1.82, 2.24) is 0 Å². The number of esters is 2. The second-order valence-corrected chi connectivity index (χ2v) is 8.50. The number of non-ortho nitro benzene ring substituents is 1. The van der Waals surface area contributed by atoms with Gasteiger partial charge in [0.25, 0.3) is 5.69 Å². The Bertz CT molecular complexity index is 1390. The van der Waals surface area contributed by atoms with Crippen LogP contribution in [0.2, 0.25) is 0 Å². The number of hydrogen-bond donors (Lipinski definition) is 0. The molecule has 4 rings (SSSR count). The van der Waals surface area contributed by atoms with E-state index in [2.05, 4.69) is 0 Å². The number of benzene rings is 3. The van der Waals surface area contributed by atoms with E-state index < -0.39 is 22.3 Å². The molecule has 0 bridgehead atoms. The summed E-state index contributed by atoms with van der Waals surface area (Å²) in [5, 5.41) is 11.8. The van der Waals surface area contributed by atoms with Crippen LogP contribution in [-0.4, -0.2) is 31.1 Å². The lowest BCUT2D eigenvalue weighted by molar-refractivity contribution is -0.384. The molecule has 0 aromatic heterocycles. The lowest BCUT2D eigenvalue weighted by Gasteiger charge is -2.45. The van der Waals surface area contributed by atoms with Gasteiger partial charge in [-0.15, -0.1) is 0 Å². The number of carbonyl (C=O) groups is 2. The predicted octanol–water partition coefficient (Wildman–Crippen LogP) is 5.30. The number of nitrogens with zero attached hydrogens (tertiary/aromatic N) is 2. The average Bonchev–Trinajstić information content (AvgIpc) is 2.93. The van der Waals surface area contributed by atoms with Crippen LogP contribution in [-0.2, 0) is 24.5 Å². The highest BCUT2D eigenvalue weighted by Crippen LogP contribution is 2.53. The zero-order chi connectivity index (χ0) is 26.7. The van der Waals surface area contributed by atoms with Gasteiger partial charge in [-0.3, -0.25) is 10.1 Å². The largest absolute Gasteiger partial charge is 0.466 e. The summed E-state index contributed by atoms with van der Waals surface area (Å²) in [4.78, 5) is 40.4. The van der Waals surface area contributed by atoms with E-state index in [1.807, 2.05) is 36.4 Å². The van der Waals surface area contributed by atoms with Crippen molar-refractivity contribution in [2.45, 2.75) is 19.3 Å². The number of para-hydroxylation sites is 1. The van der Waals surface area contributed by atoms with E-state index in [9.17, 15) is 19.7 Å². The fourth-order valence-electron chi connectivity index (χ4n) is 5.20. The van der Waals surface area contributed by atoms with Gasteiger partial charge in [0.2, 0.25) is 0 Å². The number of ether oxygens (including phenoxy) is 2. The standard InChI is InChI=1S/C29H26N2O6/c1-19-25(27(32)36-3)29(21-12-7-5-8-13-21,22-14-11-17-24(18-22)31(34)35)26(28(33)37-4)20(2)30(19)23-15-9-6-10-16-23/h5-18H,1-4H3. The maximum absolute atomic E-state index is 13.7. The summed E-state index contributed by atoms with van der Waals surface area (Å²) >= 11 is 0. The van der Waals surface area contributed by atoms with Crippen LogP contribution in [0.3, 0.4) is 0 Å². The first kappa shape index (κ1) is 25.4. The number of nitro benzene ring substituents is 1. The van der Waals surface area contributed by atoms with Crippen molar-refractivity contribution < 1.29 is 24.0 Å². The van der Waals surface area contributed by atoms with Gasteiger partial charge < -0.3 is 14.4 Å². The molecule has 8 nitrogen and oxygen atoms in total. The van der Waals surface area contributed by atoms with Gasteiger partial charge in [-0.25, -0.2) is 9.59 Å². The molecule has 37 heavy (non-hydrogen) atoms. The third-order valence-electron chi connectivity index (χ3n) is 6.63. The van der Waals surface area contributed by atoms with Gasteiger partial charge >= 0.3 is 11.9 Å². The molecule has 1 aliphatic rings. The molecule has 0 amide bonds. The van der Waals surface area contributed by atoms with Crippen LogP contribution in [0, 0.1) is 10.1 Å². The Morgan fingerprint density at radius 3 is 1.73 bits per heavy atom. The van der Waals surface area contributed by atoms with Crippen molar-refractivity contribution in [1.29, 1.82) is 0 Å². The Morgan fingerprint density at radius 1 is 0.757 bits per heavy atom. The van der Waals surface area contributed by atoms with Crippen molar-refractivity contribution in [3.63, 3.8) is 0 Å². The fourth-order valence-corrected chi connectivity index (χ4v) is 5.20. The van der Waals surface area contributed by atoms with E-state index >= 15 is 0 Å². The third-order valence-corrected chi connectivity index (χ3v) is 6.63. The Labute approximate surface area is 214 Å². The van der Waals surface area contributed by atoms with Gasteiger partial charge in [0.1, 0.15) is 0 Å². The Balaban J connectivity index is 2.25. The molecule has 188 valence electrons. The molecule has 1 heterocycles. The Kier molecular flexibility index (Phi) is 6.93. The number of rotatable bonds is 6. The van der Waals surface area contributed by atoms with Crippen molar-refractivity contribution in [2.24, 2.45) is 0 Å². The fraction of sp³-hybridized carbons (Fsp3) is 0.172. The van der Waals surface area contributed by atoms with Crippen LogP contribution < -0.4 is 4.90 Å². The van der Waals surface area contributed by atoms with Crippen LogP contribution in [0.15, 0.2) is 107 Å². The van der Waals surface area contributed by atoms with E-state index in [-0.39, 0.29) is 16.8 Å². The average molecular weight is 499 g/mol. The predicted molar refractivity (Wildman–Crippen MR) is 139 cm³/mol. The normalized spacial score (nSPS) is 14.9. The first-order valence-corrected chi connectivity index (χ1v) is 11.5. The van der Waals surface area contributed by atoms with E-state index in [0.29, 0.717) is 22.5 Å². The monoisotopic (exact) mass is 498 g/mol. The summed E-state index contributed by atoms with van der Waals surface area (Å²) in [6, 6.07) is 24.2. The van der Waals surface area contributed by atoms with Crippen LogP contribution in [0.1, 0.15) is 25.0 Å². The molecule has 0 N–H and O–H groups in total. The van der Waals surface area contributed by atoms with Crippen molar-refractivity contribution in [3.05, 3.63) is 129 Å². The summed E-state index contributed by atoms with van der Waals surface area (Å²) in [6.07, 6.45) is 0. The number of nitro groups is 1. The topological polar surface area (TPSA) is 99.0 Å². The zero-order valence-electron chi connectivity index (χ0n) is 20.9. The molecular weight excluding hydrogens is 472 g/mol. The van der Waals surface area contributed by atoms with Gasteiger partial charge in [0.05, 0.1) is 35.7 Å². The van der Waals surface area contributed by atoms with Gasteiger partial charge in [0, 0.05) is 29.2 Å². The highest BCUT2D eigenvalue weighted by molar-refractivity contribution is 6.05. The maximum Gasteiger partial charge on any atom is 0.337 e. The SMILES string of the molecule is COC(=O)C1=C(C)N(c2ccccc2)C(C)=C(C(=O)OC)C1(c1ccccc1)c1cccc([N+](=O)[O-])c1. The number of allylic oxidation sites excluding steroid dienone is 2. The summed E-state index contributed by atoms with van der Waals surface area (Å²) in [5.41, 5.74) is 1.23. The van der Waals surface area contributed by atoms with Gasteiger partial charge in [-0.1, -0.05) is 60.7 Å². The number of methoxy groups -OCH3 is 2. The minimum absolute atomic E-state index is 0.150. The van der Waals surface area contributed by atoms with E-state index in [1.165, 1.54) is 32.4 Å². The Morgan fingerprint density at radius 2 is 1.24 bits per heavy atom. The molecule has 0 fully saturated rings. The van der Waals surface area contributed by atoms with Crippen LogP contribution in [0.4, 0.5) is 11.4 Å². The molecular formula is C29H26N2O6. The summed E-state index contributed by atoms with van der Waals surface area (Å²) in [7, 11) is 2.53. The zero-order valence-corrected chi connectivity index (χ0v) is 20.9. The first-order chi connectivity index (χ1) is 17.8. The van der Waals surface area contributed by atoms with Crippen LogP contribution in [0.5, 0.6) is 0 Å². The molecule has 0 spiro atoms. The van der Waals surface area contributed by atoms with Gasteiger partial charge in [-0.2, -0.15) is 0 Å². The molecule has 3 aromatic carbocycles. The highest BCUT2D eigenvalue weighted by Gasteiger charge is 2.54. The van der Waals surface area contributed by atoms with E-state index in [1.54, 1.807) is 49.1 Å². The molecule has 8 heteroatoms. The molecule has 3 aromatic rings. The molecule has 1 aliphatic heterocycles. The summed E-state index contributed by atoms with van der Waals surface area (Å²) < 4.78 is 10.6. The maximum atomic E-state index is 13.7. The first-order valence-electron chi connectivity index (χ1n) is 11.5. The molecule has 0 aliphatic carbocycles. The molecule has 0 atom stereocenters. The third kappa shape index (κ3) is 4.06. The highest BCUT2D eigenvalue weighted by atomic mass is 16.6. The molecule has 0 saturated carbocycles. The summed E-state index contributed by atoms with van der Waals surface area (Å²) in [6.45, 7) is 3.54. The van der Waals surface area contributed by atoms with Crippen LogP contribution >= 0.6 is 0 Å². The van der Waals surface area contributed by atoms with E-state index in [0.717, 1.165) is 5.69 Å². The van der Waals surface area contributed by atoms with Gasteiger partial charge in [-0.05, 0) is 37.1 Å². The minimum Gasteiger partial charge on any atom is -0.466 e.